The summed E-state index contributed by atoms with van der Waals surface area (Å²) in [6.45, 7) is 3.16. The fourth-order valence-corrected chi connectivity index (χ4v) is 3.16. The predicted octanol–water partition coefficient (Wildman–Crippen LogP) is 0.147. The third-order valence-corrected chi connectivity index (χ3v) is 4.51. The molecule has 9 heteroatoms. The van der Waals surface area contributed by atoms with Gasteiger partial charge in [-0.2, -0.15) is 4.98 Å². The highest BCUT2D eigenvalue weighted by atomic mass is 16.5. The molecule has 4 amide bonds. The lowest BCUT2D eigenvalue weighted by atomic mass is 9.93. The number of hydrogen-bond acceptors (Lipinski definition) is 6. The van der Waals surface area contributed by atoms with Gasteiger partial charge in [-0.1, -0.05) is 5.16 Å². The first-order valence-electron chi connectivity index (χ1n) is 8.19. The molecule has 2 saturated heterocycles. The van der Waals surface area contributed by atoms with Gasteiger partial charge in [0, 0.05) is 32.9 Å². The van der Waals surface area contributed by atoms with E-state index in [0.29, 0.717) is 31.3 Å². The van der Waals surface area contributed by atoms with Crippen molar-refractivity contribution in [1.29, 1.82) is 0 Å². The third-order valence-electron chi connectivity index (χ3n) is 4.51. The largest absolute Gasteiger partial charge is 0.343 e. The fraction of sp³-hybridized carbons (Fsp3) is 0.667. The van der Waals surface area contributed by atoms with Crippen LogP contribution < -0.4 is 10.6 Å². The molecule has 1 aromatic rings. The number of hydrogen-bond donors (Lipinski definition) is 2. The molecule has 24 heavy (non-hydrogen) atoms. The first kappa shape index (κ1) is 16.4. The molecule has 1 atom stereocenters. The highest BCUT2D eigenvalue weighted by Gasteiger charge is 2.31. The Kier molecular flexibility index (Phi) is 4.77. The van der Waals surface area contributed by atoms with Gasteiger partial charge in [0.15, 0.2) is 5.82 Å². The number of aromatic nitrogens is 2. The Bertz CT molecular complexity index is 636. The van der Waals surface area contributed by atoms with E-state index in [-0.39, 0.29) is 18.2 Å². The monoisotopic (exact) mass is 335 g/mol. The van der Waals surface area contributed by atoms with Crippen LogP contribution in [0.4, 0.5) is 4.79 Å². The third kappa shape index (κ3) is 3.90. The molecule has 2 N–H and O–H groups in total. The van der Waals surface area contributed by atoms with Gasteiger partial charge in [-0.3, -0.25) is 14.9 Å². The molecule has 0 radical (unpaired) electrons. The number of rotatable bonds is 5. The Morgan fingerprint density at radius 2 is 2.08 bits per heavy atom. The lowest BCUT2D eigenvalue weighted by Crippen LogP contribution is -2.40. The van der Waals surface area contributed by atoms with Gasteiger partial charge in [-0.05, 0) is 25.2 Å². The van der Waals surface area contributed by atoms with Gasteiger partial charge in [0.05, 0.1) is 0 Å². The SMILES string of the molecule is Cc1nc(CC2CCN(C(=O)CCC3NC(=O)NC3=O)CC2)no1. The minimum atomic E-state index is -0.597. The number of nitrogens with one attached hydrogen (secondary N) is 2. The van der Waals surface area contributed by atoms with Crippen LogP contribution in [0.15, 0.2) is 4.52 Å². The van der Waals surface area contributed by atoms with Crippen molar-refractivity contribution >= 4 is 17.8 Å². The normalized spacial score (nSPS) is 21.7. The van der Waals surface area contributed by atoms with Crippen LogP contribution in [0.1, 0.15) is 37.4 Å². The van der Waals surface area contributed by atoms with Crippen molar-refractivity contribution in [3.63, 3.8) is 0 Å². The summed E-state index contributed by atoms with van der Waals surface area (Å²) >= 11 is 0. The van der Waals surface area contributed by atoms with Crippen LogP contribution in [0.2, 0.25) is 0 Å². The average molecular weight is 335 g/mol. The molecular weight excluding hydrogens is 314 g/mol. The van der Waals surface area contributed by atoms with Crippen LogP contribution in [-0.2, 0) is 16.0 Å². The van der Waals surface area contributed by atoms with Crippen molar-refractivity contribution in [2.75, 3.05) is 13.1 Å². The molecule has 2 fully saturated rings. The second-order valence-electron chi connectivity index (χ2n) is 6.31. The topological polar surface area (TPSA) is 117 Å². The molecule has 2 aliphatic rings. The minimum Gasteiger partial charge on any atom is -0.343 e. The molecule has 3 rings (SSSR count). The van der Waals surface area contributed by atoms with E-state index >= 15 is 0 Å². The molecular formula is C15H21N5O4. The summed E-state index contributed by atoms with van der Waals surface area (Å²) in [4.78, 5) is 40.8. The van der Waals surface area contributed by atoms with Gasteiger partial charge >= 0.3 is 6.03 Å². The van der Waals surface area contributed by atoms with E-state index in [1.165, 1.54) is 0 Å². The van der Waals surface area contributed by atoms with Gasteiger partial charge in [0.1, 0.15) is 6.04 Å². The minimum absolute atomic E-state index is 0.0257. The van der Waals surface area contributed by atoms with Crippen molar-refractivity contribution in [2.24, 2.45) is 5.92 Å². The zero-order valence-corrected chi connectivity index (χ0v) is 13.6. The first-order valence-corrected chi connectivity index (χ1v) is 8.19. The number of carbonyl (C=O) groups is 3. The summed E-state index contributed by atoms with van der Waals surface area (Å²) in [6.07, 6.45) is 3.17. The standard InChI is InChI=1S/C15H21N5O4/c1-9-16-12(19-24-9)8-10-4-6-20(7-5-10)13(21)3-2-11-14(22)18-15(23)17-11/h10-11H,2-8H2,1H3,(H2,17,18,22,23). The Morgan fingerprint density at radius 1 is 1.33 bits per heavy atom. The summed E-state index contributed by atoms with van der Waals surface area (Å²) in [7, 11) is 0. The molecule has 2 aliphatic heterocycles. The summed E-state index contributed by atoms with van der Waals surface area (Å²) in [5, 5.41) is 8.58. The number of piperidine rings is 1. The summed E-state index contributed by atoms with van der Waals surface area (Å²) < 4.78 is 4.97. The molecule has 1 aromatic heterocycles. The van der Waals surface area contributed by atoms with Crippen LogP contribution in [-0.4, -0.2) is 52.0 Å². The number of aryl methyl sites for hydroxylation is 1. The van der Waals surface area contributed by atoms with Gasteiger partial charge in [-0.25, -0.2) is 4.79 Å². The predicted molar refractivity (Wildman–Crippen MR) is 81.7 cm³/mol. The van der Waals surface area contributed by atoms with Crippen LogP contribution >= 0.6 is 0 Å². The molecule has 9 nitrogen and oxygen atoms in total. The second-order valence-corrected chi connectivity index (χ2v) is 6.31. The lowest BCUT2D eigenvalue weighted by Gasteiger charge is -2.31. The average Bonchev–Trinajstić information content (AvgIpc) is 3.10. The van der Waals surface area contributed by atoms with E-state index in [0.717, 1.165) is 25.1 Å². The quantitative estimate of drug-likeness (QED) is 0.740. The Hall–Kier alpha value is -2.45. The molecule has 0 aliphatic carbocycles. The molecule has 0 spiro atoms. The van der Waals surface area contributed by atoms with E-state index in [9.17, 15) is 14.4 Å². The molecule has 0 bridgehead atoms. The summed E-state index contributed by atoms with van der Waals surface area (Å²) in [6, 6.07) is -1.09. The Morgan fingerprint density at radius 3 is 2.67 bits per heavy atom. The Labute approximate surface area is 139 Å². The maximum atomic E-state index is 12.3. The van der Waals surface area contributed by atoms with E-state index in [1.807, 2.05) is 4.90 Å². The zero-order chi connectivity index (χ0) is 17.1. The van der Waals surface area contributed by atoms with Crippen LogP contribution in [0.5, 0.6) is 0 Å². The van der Waals surface area contributed by atoms with Crippen molar-refractivity contribution < 1.29 is 18.9 Å². The Balaban J connectivity index is 1.40. The van der Waals surface area contributed by atoms with Gasteiger partial charge in [0.25, 0.3) is 5.91 Å². The van der Waals surface area contributed by atoms with Gasteiger partial charge in [0.2, 0.25) is 11.8 Å². The van der Waals surface area contributed by atoms with Crippen LogP contribution in [0.3, 0.4) is 0 Å². The van der Waals surface area contributed by atoms with E-state index in [4.69, 9.17) is 4.52 Å². The first-order chi connectivity index (χ1) is 11.5. The van der Waals surface area contributed by atoms with Crippen molar-refractivity contribution in [3.8, 4) is 0 Å². The number of urea groups is 1. The maximum Gasteiger partial charge on any atom is 0.322 e. The zero-order valence-electron chi connectivity index (χ0n) is 13.6. The number of carbonyl (C=O) groups excluding carboxylic acids is 3. The summed E-state index contributed by atoms with van der Waals surface area (Å²) in [5.74, 6) is 1.41. The molecule has 0 saturated carbocycles. The number of amides is 4. The number of nitrogens with zero attached hydrogens (tertiary/aromatic N) is 3. The van der Waals surface area contributed by atoms with Gasteiger partial charge < -0.3 is 14.7 Å². The molecule has 1 unspecified atom stereocenters. The van der Waals surface area contributed by atoms with Crippen molar-refractivity contribution in [2.45, 2.75) is 45.1 Å². The van der Waals surface area contributed by atoms with Crippen molar-refractivity contribution in [1.82, 2.24) is 25.7 Å². The van der Waals surface area contributed by atoms with E-state index < -0.39 is 12.1 Å². The summed E-state index contributed by atoms with van der Waals surface area (Å²) in [5.41, 5.74) is 0. The van der Waals surface area contributed by atoms with Crippen LogP contribution in [0.25, 0.3) is 0 Å². The lowest BCUT2D eigenvalue weighted by molar-refractivity contribution is -0.132. The van der Waals surface area contributed by atoms with Crippen molar-refractivity contribution in [3.05, 3.63) is 11.7 Å². The van der Waals surface area contributed by atoms with E-state index in [2.05, 4.69) is 20.8 Å². The second kappa shape index (κ2) is 6.98. The highest BCUT2D eigenvalue weighted by Crippen LogP contribution is 2.21. The van der Waals surface area contributed by atoms with Gasteiger partial charge in [-0.15, -0.1) is 0 Å². The molecule has 3 heterocycles. The maximum absolute atomic E-state index is 12.3. The van der Waals surface area contributed by atoms with E-state index in [1.54, 1.807) is 6.92 Å². The number of likely N-dealkylation sites (tertiary alicyclic amines) is 1. The molecule has 130 valence electrons. The highest BCUT2D eigenvalue weighted by molar-refractivity contribution is 6.04. The van der Waals surface area contributed by atoms with Crippen LogP contribution in [0, 0.1) is 12.8 Å². The number of imide groups is 1. The fourth-order valence-electron chi connectivity index (χ4n) is 3.16. The smallest absolute Gasteiger partial charge is 0.322 e. The molecule has 0 aromatic carbocycles.